The molecule has 1 unspecified atom stereocenters. The summed E-state index contributed by atoms with van der Waals surface area (Å²) in [5, 5.41) is 12.0. The molecular weight excluding hydrogens is 280 g/mol. The van der Waals surface area contributed by atoms with Crippen LogP contribution >= 0.6 is 11.6 Å². The summed E-state index contributed by atoms with van der Waals surface area (Å²) in [6.45, 7) is 1.11. The summed E-state index contributed by atoms with van der Waals surface area (Å²) in [6, 6.07) is 6.70. The van der Waals surface area contributed by atoms with Gasteiger partial charge in [-0.2, -0.15) is 5.26 Å². The number of ether oxygens (including phenoxy) is 2. The second-order valence-electron chi connectivity index (χ2n) is 4.50. The van der Waals surface area contributed by atoms with Crippen LogP contribution in [0.4, 0.5) is 5.69 Å². The fraction of sp³-hybridized carbons (Fsp3) is 0.429. The van der Waals surface area contributed by atoms with E-state index < -0.39 is 0 Å². The van der Waals surface area contributed by atoms with E-state index in [1.807, 2.05) is 6.07 Å². The molecule has 5 nitrogen and oxygen atoms in total. The van der Waals surface area contributed by atoms with Gasteiger partial charge in [0, 0.05) is 11.6 Å². The quantitative estimate of drug-likeness (QED) is 0.905. The molecule has 0 aliphatic carbocycles. The summed E-state index contributed by atoms with van der Waals surface area (Å²) in [6.07, 6.45) is 2.10. The van der Waals surface area contributed by atoms with Gasteiger partial charge in [-0.25, -0.2) is 0 Å². The maximum atomic E-state index is 11.7. The SMILES string of the molecule is N#Cc1cc(Cl)ccc1NC(=O)COCC1CCCO1. The van der Waals surface area contributed by atoms with E-state index in [1.165, 1.54) is 6.07 Å². The van der Waals surface area contributed by atoms with Crippen molar-refractivity contribution in [3.05, 3.63) is 28.8 Å². The standard InChI is InChI=1S/C14H15ClN2O3/c15-11-3-4-13(10(6-11)7-16)17-14(18)9-19-8-12-2-1-5-20-12/h3-4,6,12H,1-2,5,8-9H2,(H,17,18). The van der Waals surface area contributed by atoms with Gasteiger partial charge in [-0.15, -0.1) is 0 Å². The molecule has 0 aromatic heterocycles. The zero-order valence-electron chi connectivity index (χ0n) is 10.9. The van der Waals surface area contributed by atoms with Crippen molar-refractivity contribution in [3.8, 4) is 6.07 Å². The van der Waals surface area contributed by atoms with Crippen molar-refractivity contribution in [2.45, 2.75) is 18.9 Å². The van der Waals surface area contributed by atoms with Crippen LogP contribution in [0.1, 0.15) is 18.4 Å². The molecular formula is C14H15ClN2O3. The molecule has 1 aromatic rings. The van der Waals surface area contributed by atoms with E-state index in [-0.39, 0.29) is 18.6 Å². The van der Waals surface area contributed by atoms with Crippen LogP contribution in [0.5, 0.6) is 0 Å². The number of anilines is 1. The molecule has 2 rings (SSSR count). The maximum absolute atomic E-state index is 11.7. The Balaban J connectivity index is 1.80. The summed E-state index contributed by atoms with van der Waals surface area (Å²) in [5.74, 6) is -0.304. The van der Waals surface area contributed by atoms with Crippen LogP contribution in [0.3, 0.4) is 0 Å². The molecule has 20 heavy (non-hydrogen) atoms. The largest absolute Gasteiger partial charge is 0.376 e. The molecule has 0 radical (unpaired) electrons. The third-order valence-electron chi connectivity index (χ3n) is 2.94. The number of amides is 1. The minimum absolute atomic E-state index is 0.0621. The highest BCUT2D eigenvalue weighted by molar-refractivity contribution is 6.30. The molecule has 1 fully saturated rings. The van der Waals surface area contributed by atoms with Gasteiger partial charge >= 0.3 is 0 Å². The predicted molar refractivity (Wildman–Crippen MR) is 74.6 cm³/mol. The Morgan fingerprint density at radius 3 is 3.15 bits per heavy atom. The molecule has 106 valence electrons. The first-order valence-corrected chi connectivity index (χ1v) is 6.75. The fourth-order valence-corrected chi connectivity index (χ4v) is 2.14. The van der Waals surface area contributed by atoms with Gasteiger partial charge in [0.2, 0.25) is 5.91 Å². The van der Waals surface area contributed by atoms with Gasteiger partial charge in [-0.05, 0) is 31.0 Å². The lowest BCUT2D eigenvalue weighted by molar-refractivity contribution is -0.121. The Morgan fingerprint density at radius 2 is 2.45 bits per heavy atom. The third kappa shape index (κ3) is 4.20. The summed E-state index contributed by atoms with van der Waals surface area (Å²) in [4.78, 5) is 11.7. The van der Waals surface area contributed by atoms with Crippen LogP contribution in [0, 0.1) is 11.3 Å². The third-order valence-corrected chi connectivity index (χ3v) is 3.17. The topological polar surface area (TPSA) is 71.4 Å². The van der Waals surface area contributed by atoms with Gasteiger partial charge in [0.15, 0.2) is 0 Å². The highest BCUT2D eigenvalue weighted by atomic mass is 35.5. The number of nitrogens with zero attached hydrogens (tertiary/aromatic N) is 1. The van der Waals surface area contributed by atoms with Crippen molar-refractivity contribution in [2.75, 3.05) is 25.1 Å². The van der Waals surface area contributed by atoms with Crippen molar-refractivity contribution < 1.29 is 14.3 Å². The first kappa shape index (κ1) is 14.8. The van der Waals surface area contributed by atoms with Gasteiger partial charge in [0.05, 0.1) is 24.0 Å². The lowest BCUT2D eigenvalue weighted by Gasteiger charge is -2.11. The molecule has 6 heteroatoms. The zero-order valence-corrected chi connectivity index (χ0v) is 11.7. The van der Waals surface area contributed by atoms with Gasteiger partial charge in [0.1, 0.15) is 12.7 Å². The van der Waals surface area contributed by atoms with E-state index in [9.17, 15) is 4.79 Å². The smallest absolute Gasteiger partial charge is 0.250 e. The Bertz CT molecular complexity index is 522. The van der Waals surface area contributed by atoms with Crippen molar-refractivity contribution >= 4 is 23.2 Å². The lowest BCUT2D eigenvalue weighted by Crippen LogP contribution is -2.22. The van der Waals surface area contributed by atoms with Crippen LogP contribution in [-0.2, 0) is 14.3 Å². The van der Waals surface area contributed by atoms with E-state index in [4.69, 9.17) is 26.3 Å². The normalized spacial score (nSPS) is 17.7. The number of carbonyl (C=O) groups is 1. The predicted octanol–water partition coefficient (Wildman–Crippen LogP) is 2.35. The Labute approximate surface area is 122 Å². The molecule has 1 aromatic carbocycles. The molecule has 1 saturated heterocycles. The van der Waals surface area contributed by atoms with Gasteiger partial charge in [0.25, 0.3) is 0 Å². The summed E-state index contributed by atoms with van der Waals surface area (Å²) < 4.78 is 10.7. The second-order valence-corrected chi connectivity index (χ2v) is 4.94. The highest BCUT2D eigenvalue weighted by Gasteiger charge is 2.16. The van der Waals surface area contributed by atoms with Crippen LogP contribution < -0.4 is 5.32 Å². The zero-order chi connectivity index (χ0) is 14.4. The average molecular weight is 295 g/mol. The second kappa shape index (κ2) is 7.25. The molecule has 0 spiro atoms. The van der Waals surface area contributed by atoms with E-state index in [2.05, 4.69) is 5.32 Å². The first-order valence-electron chi connectivity index (χ1n) is 6.38. The molecule has 0 bridgehead atoms. The molecule has 1 N–H and O–H groups in total. The van der Waals surface area contributed by atoms with E-state index in [0.29, 0.717) is 22.9 Å². The van der Waals surface area contributed by atoms with E-state index >= 15 is 0 Å². The Hall–Kier alpha value is -1.61. The van der Waals surface area contributed by atoms with Gasteiger partial charge < -0.3 is 14.8 Å². The van der Waals surface area contributed by atoms with Crippen molar-refractivity contribution in [3.63, 3.8) is 0 Å². The minimum Gasteiger partial charge on any atom is -0.376 e. The Morgan fingerprint density at radius 1 is 1.60 bits per heavy atom. The van der Waals surface area contributed by atoms with Gasteiger partial charge in [-0.1, -0.05) is 11.6 Å². The van der Waals surface area contributed by atoms with Crippen LogP contribution in [0.25, 0.3) is 0 Å². The minimum atomic E-state index is -0.304. The number of rotatable bonds is 5. The number of hydrogen-bond donors (Lipinski definition) is 1. The number of carbonyl (C=O) groups excluding carboxylic acids is 1. The van der Waals surface area contributed by atoms with Crippen LogP contribution in [-0.4, -0.2) is 31.8 Å². The van der Waals surface area contributed by atoms with E-state index in [1.54, 1.807) is 12.1 Å². The molecule has 1 aliphatic heterocycles. The Kier molecular flexibility index (Phi) is 5.36. The molecule has 1 amide bonds. The number of nitrogens with one attached hydrogen (secondary N) is 1. The monoisotopic (exact) mass is 294 g/mol. The summed E-state index contributed by atoms with van der Waals surface area (Å²) >= 11 is 5.79. The van der Waals surface area contributed by atoms with Crippen LogP contribution in [0.15, 0.2) is 18.2 Å². The summed E-state index contributed by atoms with van der Waals surface area (Å²) in [5.41, 5.74) is 0.757. The van der Waals surface area contributed by atoms with Crippen molar-refractivity contribution in [1.82, 2.24) is 0 Å². The molecule has 1 heterocycles. The number of benzene rings is 1. The van der Waals surface area contributed by atoms with Crippen molar-refractivity contribution in [2.24, 2.45) is 0 Å². The maximum Gasteiger partial charge on any atom is 0.250 e. The average Bonchev–Trinajstić information content (AvgIpc) is 2.94. The van der Waals surface area contributed by atoms with Gasteiger partial charge in [-0.3, -0.25) is 4.79 Å². The molecule has 1 aliphatic rings. The summed E-state index contributed by atoms with van der Waals surface area (Å²) in [7, 11) is 0. The highest BCUT2D eigenvalue weighted by Crippen LogP contribution is 2.19. The van der Waals surface area contributed by atoms with Crippen molar-refractivity contribution in [1.29, 1.82) is 5.26 Å². The fourth-order valence-electron chi connectivity index (χ4n) is 1.96. The lowest BCUT2D eigenvalue weighted by atomic mass is 10.2. The molecule has 0 saturated carbocycles. The number of nitriles is 1. The number of hydrogen-bond acceptors (Lipinski definition) is 4. The molecule has 1 atom stereocenters. The first-order chi connectivity index (χ1) is 9.69. The number of halogens is 1. The van der Waals surface area contributed by atoms with E-state index in [0.717, 1.165) is 19.4 Å². The van der Waals surface area contributed by atoms with Crippen LogP contribution in [0.2, 0.25) is 5.02 Å².